The van der Waals surface area contributed by atoms with Gasteiger partial charge in [-0.3, -0.25) is 14.4 Å². The molecule has 0 aliphatic heterocycles. The summed E-state index contributed by atoms with van der Waals surface area (Å²) in [5.41, 5.74) is 10.7. The lowest BCUT2D eigenvalue weighted by molar-refractivity contribution is -0.114. The summed E-state index contributed by atoms with van der Waals surface area (Å²) in [6.45, 7) is 8.16. The summed E-state index contributed by atoms with van der Waals surface area (Å²) >= 11 is 0. The molecule has 0 saturated carbocycles. The van der Waals surface area contributed by atoms with Crippen molar-refractivity contribution in [3.05, 3.63) is 100.0 Å². The van der Waals surface area contributed by atoms with Crippen LogP contribution >= 0.6 is 0 Å². The smallest absolute Gasteiger partial charge is 0.293 e. The predicted molar refractivity (Wildman–Crippen MR) is 160 cm³/mol. The molecule has 0 radical (unpaired) electrons. The maximum absolute atomic E-state index is 13.0. The van der Waals surface area contributed by atoms with Crippen molar-refractivity contribution in [1.29, 1.82) is 0 Å². The summed E-state index contributed by atoms with van der Waals surface area (Å²) in [7, 11) is 1.65. The van der Waals surface area contributed by atoms with E-state index in [1.165, 1.54) is 4.57 Å². The van der Waals surface area contributed by atoms with Crippen molar-refractivity contribution in [3.8, 4) is 11.3 Å². The molecule has 0 aliphatic carbocycles. The minimum Gasteiger partial charge on any atom is -0.336 e. The van der Waals surface area contributed by atoms with Gasteiger partial charge in [-0.2, -0.15) is 0 Å². The van der Waals surface area contributed by atoms with Crippen LogP contribution < -0.4 is 27.2 Å². The SMILES string of the molecule is Cc1c(NC(=O)c2ccc(C(C)(C)C)cc2)cccc1-c1cn(C)c(=O)c(Nc2cccc(NC(=O)CN)c2)n1. The molecule has 0 saturated heterocycles. The number of anilines is 4. The van der Waals surface area contributed by atoms with Crippen LogP contribution in [0.15, 0.2) is 77.7 Å². The van der Waals surface area contributed by atoms with Gasteiger partial charge in [0.15, 0.2) is 5.82 Å². The van der Waals surface area contributed by atoms with Crippen molar-refractivity contribution in [1.82, 2.24) is 9.55 Å². The zero-order chi connectivity index (χ0) is 29.0. The Labute approximate surface area is 233 Å². The van der Waals surface area contributed by atoms with Gasteiger partial charge in [0.25, 0.3) is 11.5 Å². The lowest BCUT2D eigenvalue weighted by Crippen LogP contribution is -2.22. The Bertz CT molecular complexity index is 1620. The maximum Gasteiger partial charge on any atom is 0.293 e. The third-order valence-corrected chi connectivity index (χ3v) is 6.54. The van der Waals surface area contributed by atoms with Crippen molar-refractivity contribution in [2.24, 2.45) is 12.8 Å². The summed E-state index contributed by atoms with van der Waals surface area (Å²) < 4.78 is 1.45. The van der Waals surface area contributed by atoms with Gasteiger partial charge in [-0.1, -0.05) is 51.1 Å². The Kier molecular flexibility index (Phi) is 8.16. The van der Waals surface area contributed by atoms with Crippen molar-refractivity contribution in [2.45, 2.75) is 33.1 Å². The zero-order valence-corrected chi connectivity index (χ0v) is 23.3. The molecule has 0 spiro atoms. The molecular formula is C31H34N6O3. The molecule has 0 aliphatic rings. The molecule has 40 heavy (non-hydrogen) atoms. The first-order chi connectivity index (χ1) is 19.0. The molecule has 9 heteroatoms. The van der Waals surface area contributed by atoms with E-state index in [0.717, 1.165) is 16.7 Å². The number of benzene rings is 3. The molecule has 4 rings (SSSR count). The number of hydrogen-bond donors (Lipinski definition) is 4. The van der Waals surface area contributed by atoms with Crippen molar-refractivity contribution in [3.63, 3.8) is 0 Å². The average Bonchev–Trinajstić information content (AvgIpc) is 2.92. The van der Waals surface area contributed by atoms with E-state index in [9.17, 15) is 14.4 Å². The van der Waals surface area contributed by atoms with Gasteiger partial charge in [-0.25, -0.2) is 4.98 Å². The molecule has 3 aromatic carbocycles. The fraction of sp³-hybridized carbons (Fsp3) is 0.226. The van der Waals surface area contributed by atoms with Crippen LogP contribution in [0.3, 0.4) is 0 Å². The van der Waals surface area contributed by atoms with Crippen molar-refractivity contribution >= 4 is 34.7 Å². The van der Waals surface area contributed by atoms with Gasteiger partial charge in [0.05, 0.1) is 12.2 Å². The van der Waals surface area contributed by atoms with Crippen LogP contribution in [0.4, 0.5) is 22.9 Å². The largest absolute Gasteiger partial charge is 0.336 e. The number of carbonyl (C=O) groups excluding carboxylic acids is 2. The first-order valence-electron chi connectivity index (χ1n) is 12.9. The highest BCUT2D eigenvalue weighted by Crippen LogP contribution is 2.29. The third-order valence-electron chi connectivity index (χ3n) is 6.54. The summed E-state index contributed by atoms with van der Waals surface area (Å²) in [4.78, 5) is 42.2. The highest BCUT2D eigenvalue weighted by Gasteiger charge is 2.17. The number of carbonyl (C=O) groups is 2. The molecule has 2 amide bonds. The minimum absolute atomic E-state index is 0.000364. The number of nitrogens with one attached hydrogen (secondary N) is 3. The molecule has 0 unspecified atom stereocenters. The fourth-order valence-electron chi connectivity index (χ4n) is 4.21. The second kappa shape index (κ2) is 11.5. The van der Waals surface area contributed by atoms with Crippen LogP contribution in [0.1, 0.15) is 42.3 Å². The quantitative estimate of drug-likeness (QED) is 0.263. The molecule has 1 heterocycles. The number of nitrogens with two attached hydrogens (primary N) is 1. The van der Waals surface area contributed by atoms with Crippen LogP contribution in [0.2, 0.25) is 0 Å². The average molecular weight is 539 g/mol. The molecule has 1 aromatic heterocycles. The van der Waals surface area contributed by atoms with E-state index in [0.29, 0.717) is 28.3 Å². The van der Waals surface area contributed by atoms with E-state index in [-0.39, 0.29) is 35.2 Å². The second-order valence-electron chi connectivity index (χ2n) is 10.6. The summed E-state index contributed by atoms with van der Waals surface area (Å²) in [5.74, 6) is -0.411. The summed E-state index contributed by atoms with van der Waals surface area (Å²) in [5, 5.41) is 8.76. The number of aryl methyl sites for hydroxylation is 1. The van der Waals surface area contributed by atoms with Gasteiger partial charge in [0, 0.05) is 41.4 Å². The van der Waals surface area contributed by atoms with Gasteiger partial charge in [0.1, 0.15) is 0 Å². The monoisotopic (exact) mass is 538 g/mol. The van der Waals surface area contributed by atoms with Gasteiger partial charge < -0.3 is 26.3 Å². The Hall–Kier alpha value is -4.76. The highest BCUT2D eigenvalue weighted by molar-refractivity contribution is 6.05. The lowest BCUT2D eigenvalue weighted by Gasteiger charge is -2.19. The molecule has 4 aromatic rings. The normalized spacial score (nSPS) is 11.2. The molecule has 0 bridgehead atoms. The lowest BCUT2D eigenvalue weighted by atomic mass is 9.86. The van der Waals surface area contributed by atoms with Crippen molar-refractivity contribution < 1.29 is 9.59 Å². The minimum atomic E-state index is -0.322. The molecule has 9 nitrogen and oxygen atoms in total. The number of rotatable bonds is 7. The Balaban J connectivity index is 1.61. The van der Waals surface area contributed by atoms with Crippen LogP contribution in [0, 0.1) is 6.92 Å². The number of amides is 2. The number of hydrogen-bond acceptors (Lipinski definition) is 6. The van der Waals surface area contributed by atoms with E-state index >= 15 is 0 Å². The number of nitrogens with zero attached hydrogens (tertiary/aromatic N) is 2. The van der Waals surface area contributed by atoms with Gasteiger partial charge in [0.2, 0.25) is 5.91 Å². The van der Waals surface area contributed by atoms with Crippen LogP contribution in [0.25, 0.3) is 11.3 Å². The van der Waals surface area contributed by atoms with Gasteiger partial charge in [-0.05, 0) is 59.9 Å². The number of aromatic nitrogens is 2. The molecular weight excluding hydrogens is 504 g/mol. The summed E-state index contributed by atoms with van der Waals surface area (Å²) in [6, 6.07) is 20.1. The first kappa shape index (κ1) is 28.3. The van der Waals surface area contributed by atoms with Gasteiger partial charge >= 0.3 is 0 Å². The molecule has 0 atom stereocenters. The molecule has 5 N–H and O–H groups in total. The summed E-state index contributed by atoms with van der Waals surface area (Å²) in [6.07, 6.45) is 1.66. The van der Waals surface area contributed by atoms with E-state index in [2.05, 4.69) is 41.7 Å². The highest BCUT2D eigenvalue weighted by atomic mass is 16.2. The molecule has 0 fully saturated rings. The Morgan fingerprint density at radius 1 is 0.950 bits per heavy atom. The van der Waals surface area contributed by atoms with E-state index in [4.69, 9.17) is 5.73 Å². The zero-order valence-electron chi connectivity index (χ0n) is 23.3. The maximum atomic E-state index is 13.0. The third kappa shape index (κ3) is 6.44. The molecule has 206 valence electrons. The van der Waals surface area contributed by atoms with Crippen LogP contribution in [-0.4, -0.2) is 27.9 Å². The standard InChI is InChI=1S/C31H34N6O3/c1-19-24(10-7-11-25(19)36-29(39)20-12-14-21(15-13-20)31(2,3)4)26-18-37(5)30(40)28(35-26)34-23-9-6-8-22(16-23)33-27(38)17-32/h6-16,18H,17,32H2,1-5H3,(H,33,38)(H,34,35)(H,36,39). The van der Waals surface area contributed by atoms with E-state index < -0.39 is 0 Å². The van der Waals surface area contributed by atoms with Crippen molar-refractivity contribution in [2.75, 3.05) is 22.5 Å². The fourth-order valence-corrected chi connectivity index (χ4v) is 4.21. The van der Waals surface area contributed by atoms with E-state index in [1.807, 2.05) is 49.4 Å². The van der Waals surface area contributed by atoms with Crippen LogP contribution in [0.5, 0.6) is 0 Å². The van der Waals surface area contributed by atoms with E-state index in [1.54, 1.807) is 37.5 Å². The predicted octanol–water partition coefficient (Wildman–Crippen LogP) is 4.95. The Morgan fingerprint density at radius 2 is 1.62 bits per heavy atom. The van der Waals surface area contributed by atoms with Gasteiger partial charge in [-0.15, -0.1) is 0 Å². The van der Waals surface area contributed by atoms with Crippen LogP contribution in [-0.2, 0) is 17.3 Å². The second-order valence-corrected chi connectivity index (χ2v) is 10.6. The topological polar surface area (TPSA) is 131 Å². The Morgan fingerprint density at radius 3 is 2.30 bits per heavy atom. The first-order valence-corrected chi connectivity index (χ1v) is 12.9.